The molecule has 3 aromatic rings. The number of hydrogen-bond donors (Lipinski definition) is 0. The maximum Gasteiger partial charge on any atom is 0.338 e. The van der Waals surface area contributed by atoms with Crippen LogP contribution in [0, 0.1) is 0 Å². The first-order valence-corrected chi connectivity index (χ1v) is 12.2. The molecule has 0 amide bonds. The van der Waals surface area contributed by atoms with Crippen LogP contribution in [0.5, 0.6) is 11.5 Å². The van der Waals surface area contributed by atoms with Crippen molar-refractivity contribution in [1.29, 1.82) is 0 Å². The van der Waals surface area contributed by atoms with E-state index in [1.807, 2.05) is 0 Å². The van der Waals surface area contributed by atoms with Gasteiger partial charge in [0.25, 0.3) is 5.56 Å². The fourth-order valence-corrected chi connectivity index (χ4v) is 5.24. The third-order valence-electron chi connectivity index (χ3n) is 5.48. The lowest BCUT2D eigenvalue weighted by Gasteiger charge is -2.25. The molecule has 0 fully saturated rings. The van der Waals surface area contributed by atoms with Crippen molar-refractivity contribution in [2.24, 2.45) is 4.99 Å². The van der Waals surface area contributed by atoms with Crippen LogP contribution >= 0.6 is 34.5 Å². The number of rotatable bonds is 6. The average molecular weight is 533 g/mol. The number of carbonyl (C=O) groups is 1. The van der Waals surface area contributed by atoms with Gasteiger partial charge in [-0.3, -0.25) is 9.36 Å². The van der Waals surface area contributed by atoms with Crippen LogP contribution in [0.1, 0.15) is 31.0 Å². The van der Waals surface area contributed by atoms with Gasteiger partial charge in [0.05, 0.1) is 52.7 Å². The molecule has 10 heteroatoms. The third-order valence-corrected chi connectivity index (χ3v) is 7.20. The minimum absolute atomic E-state index is 0.190. The molecule has 0 saturated heterocycles. The Labute approximate surface area is 215 Å². The number of benzene rings is 2. The highest BCUT2D eigenvalue weighted by molar-refractivity contribution is 7.07. The average Bonchev–Trinajstić information content (AvgIpc) is 3.14. The summed E-state index contributed by atoms with van der Waals surface area (Å²) in [4.78, 5) is 31.7. The summed E-state index contributed by atoms with van der Waals surface area (Å²) in [5, 5.41) is 0.810. The van der Waals surface area contributed by atoms with Crippen molar-refractivity contribution in [2.75, 3.05) is 20.8 Å². The smallest absolute Gasteiger partial charge is 0.338 e. The van der Waals surface area contributed by atoms with Crippen LogP contribution in [0.15, 0.2) is 57.5 Å². The number of fused-ring (bicyclic) bond motifs is 1. The molecule has 1 aromatic heterocycles. The quantitative estimate of drug-likeness (QED) is 0.446. The molecule has 7 nitrogen and oxygen atoms in total. The van der Waals surface area contributed by atoms with Crippen LogP contribution in [-0.2, 0) is 9.53 Å². The zero-order valence-corrected chi connectivity index (χ0v) is 21.8. The Bertz CT molecular complexity index is 1520. The molecule has 4 rings (SSSR count). The fourth-order valence-electron chi connectivity index (χ4n) is 3.88. The number of nitrogens with zero attached hydrogens (tertiary/aromatic N) is 2. The van der Waals surface area contributed by atoms with Gasteiger partial charge in [-0.25, -0.2) is 9.79 Å². The Kier molecular flexibility index (Phi) is 7.35. The minimum Gasteiger partial charge on any atom is -0.493 e. The molecule has 1 aliphatic rings. The van der Waals surface area contributed by atoms with Crippen molar-refractivity contribution in [1.82, 2.24) is 4.57 Å². The lowest BCUT2D eigenvalue weighted by atomic mass is 9.95. The first-order chi connectivity index (χ1) is 16.8. The molecule has 1 atom stereocenters. The lowest BCUT2D eigenvalue weighted by molar-refractivity contribution is -0.139. The second-order valence-corrected chi connectivity index (χ2v) is 9.41. The lowest BCUT2D eigenvalue weighted by Crippen LogP contribution is -2.39. The van der Waals surface area contributed by atoms with Crippen LogP contribution in [0.2, 0.25) is 10.0 Å². The van der Waals surface area contributed by atoms with Gasteiger partial charge in [-0.2, -0.15) is 0 Å². The van der Waals surface area contributed by atoms with E-state index in [1.165, 1.54) is 30.1 Å². The molecule has 0 spiro atoms. The molecule has 182 valence electrons. The van der Waals surface area contributed by atoms with Gasteiger partial charge in [-0.05, 0) is 55.3 Å². The zero-order valence-electron chi connectivity index (χ0n) is 19.4. The predicted molar refractivity (Wildman–Crippen MR) is 136 cm³/mol. The first kappa shape index (κ1) is 25.0. The molecule has 1 unspecified atom stereocenters. The minimum atomic E-state index is -0.763. The van der Waals surface area contributed by atoms with Gasteiger partial charge < -0.3 is 14.2 Å². The molecule has 2 heterocycles. The monoisotopic (exact) mass is 532 g/mol. The van der Waals surface area contributed by atoms with E-state index in [0.717, 1.165) is 0 Å². The van der Waals surface area contributed by atoms with Crippen molar-refractivity contribution in [2.45, 2.75) is 19.9 Å². The van der Waals surface area contributed by atoms with Gasteiger partial charge in [0.2, 0.25) is 0 Å². The summed E-state index contributed by atoms with van der Waals surface area (Å²) >= 11 is 13.4. The standard InChI is InChI=1S/C25H22Cl2N2O5S/c1-5-34-24(31)21-13(2)28-25-29(22(21)15-7-9-18(32-3)19(12-15)33-4)23(30)20(35-25)11-14-6-8-16(26)17(27)10-14/h6-12,22H,5H2,1-4H3. The molecular formula is C25H22Cl2N2O5S. The number of esters is 1. The summed E-state index contributed by atoms with van der Waals surface area (Å²) in [7, 11) is 3.06. The summed E-state index contributed by atoms with van der Waals surface area (Å²) in [5.41, 5.74) is 1.84. The molecule has 0 saturated carbocycles. The van der Waals surface area contributed by atoms with Crippen LogP contribution < -0.4 is 24.4 Å². The highest BCUT2D eigenvalue weighted by Gasteiger charge is 2.33. The van der Waals surface area contributed by atoms with Crippen LogP contribution in [0.3, 0.4) is 0 Å². The van der Waals surface area contributed by atoms with Crippen molar-refractivity contribution in [3.8, 4) is 11.5 Å². The van der Waals surface area contributed by atoms with E-state index in [0.29, 0.717) is 47.7 Å². The summed E-state index contributed by atoms with van der Waals surface area (Å²) < 4.78 is 18.1. The molecule has 2 aromatic carbocycles. The molecule has 0 radical (unpaired) electrons. The van der Waals surface area contributed by atoms with Gasteiger partial charge in [-0.15, -0.1) is 0 Å². The molecule has 0 N–H and O–H groups in total. The predicted octanol–water partition coefficient (Wildman–Crippen LogP) is 4.12. The third kappa shape index (κ3) is 4.74. The van der Waals surface area contributed by atoms with E-state index in [4.69, 9.17) is 37.4 Å². The normalized spacial score (nSPS) is 15.5. The van der Waals surface area contributed by atoms with E-state index in [-0.39, 0.29) is 17.7 Å². The van der Waals surface area contributed by atoms with E-state index in [9.17, 15) is 9.59 Å². The molecule has 0 bridgehead atoms. The van der Waals surface area contributed by atoms with Crippen molar-refractivity contribution < 1.29 is 19.0 Å². The Morgan fingerprint density at radius 3 is 2.51 bits per heavy atom. The van der Waals surface area contributed by atoms with Crippen LogP contribution in [0.4, 0.5) is 0 Å². The van der Waals surface area contributed by atoms with E-state index < -0.39 is 12.0 Å². The summed E-state index contributed by atoms with van der Waals surface area (Å²) in [6.07, 6.45) is 1.72. The number of hydrogen-bond acceptors (Lipinski definition) is 7. The van der Waals surface area contributed by atoms with Gasteiger partial charge in [0.15, 0.2) is 16.3 Å². The number of ether oxygens (including phenoxy) is 3. The highest BCUT2D eigenvalue weighted by Crippen LogP contribution is 2.36. The second kappa shape index (κ2) is 10.3. The maximum atomic E-state index is 13.7. The van der Waals surface area contributed by atoms with Gasteiger partial charge in [0, 0.05) is 0 Å². The molecular weight excluding hydrogens is 511 g/mol. The molecule has 0 aliphatic carbocycles. The second-order valence-electron chi connectivity index (χ2n) is 7.59. The van der Waals surface area contributed by atoms with Crippen LogP contribution in [-0.4, -0.2) is 31.4 Å². The number of aromatic nitrogens is 1. The van der Waals surface area contributed by atoms with Gasteiger partial charge in [-0.1, -0.05) is 46.7 Å². The largest absolute Gasteiger partial charge is 0.493 e. The van der Waals surface area contributed by atoms with E-state index in [1.54, 1.807) is 56.3 Å². The summed E-state index contributed by atoms with van der Waals surface area (Å²) in [5.74, 6) is 0.467. The SMILES string of the molecule is CCOC(=O)C1=C(C)N=c2sc(=Cc3ccc(Cl)c(Cl)c3)c(=O)n2C1c1ccc(OC)c(OC)c1. The van der Waals surface area contributed by atoms with Crippen molar-refractivity contribution in [3.05, 3.63) is 88.5 Å². The maximum absolute atomic E-state index is 13.7. The van der Waals surface area contributed by atoms with Crippen molar-refractivity contribution in [3.63, 3.8) is 0 Å². The summed E-state index contributed by atoms with van der Waals surface area (Å²) in [6, 6.07) is 9.63. The summed E-state index contributed by atoms with van der Waals surface area (Å²) in [6.45, 7) is 3.65. The van der Waals surface area contributed by atoms with E-state index in [2.05, 4.69) is 4.99 Å². The first-order valence-electron chi connectivity index (χ1n) is 10.7. The van der Waals surface area contributed by atoms with Crippen molar-refractivity contribution >= 4 is 46.6 Å². The van der Waals surface area contributed by atoms with Crippen LogP contribution in [0.25, 0.3) is 6.08 Å². The number of methoxy groups -OCH3 is 2. The number of carbonyl (C=O) groups excluding carboxylic acids is 1. The number of allylic oxidation sites excluding steroid dienone is 1. The molecule has 35 heavy (non-hydrogen) atoms. The Balaban J connectivity index is 1.97. The Hall–Kier alpha value is -3.07. The Morgan fingerprint density at radius 1 is 1.11 bits per heavy atom. The number of halogens is 2. The highest BCUT2D eigenvalue weighted by atomic mass is 35.5. The molecule has 1 aliphatic heterocycles. The Morgan fingerprint density at radius 2 is 1.86 bits per heavy atom. The van der Waals surface area contributed by atoms with Gasteiger partial charge >= 0.3 is 5.97 Å². The van der Waals surface area contributed by atoms with E-state index >= 15 is 0 Å². The zero-order chi connectivity index (χ0) is 25.3. The fraction of sp³-hybridized carbons (Fsp3) is 0.240. The van der Waals surface area contributed by atoms with Gasteiger partial charge in [0.1, 0.15) is 0 Å². The number of thiazole rings is 1. The topological polar surface area (TPSA) is 79.1 Å².